The molecule has 0 spiro atoms. The third-order valence-corrected chi connectivity index (χ3v) is 5.50. The van der Waals surface area contributed by atoms with Crippen LogP contribution in [-0.2, 0) is 6.54 Å². The number of hydrogen-bond acceptors (Lipinski definition) is 4. The van der Waals surface area contributed by atoms with Crippen LogP contribution in [0.4, 0.5) is 0 Å². The number of aliphatic hydroxyl groups is 1. The molecule has 160 valence electrons. The van der Waals surface area contributed by atoms with Crippen LogP contribution in [0.3, 0.4) is 0 Å². The van der Waals surface area contributed by atoms with E-state index in [-0.39, 0.29) is 6.10 Å². The lowest BCUT2D eigenvalue weighted by Crippen LogP contribution is -2.40. The van der Waals surface area contributed by atoms with Gasteiger partial charge in [-0.15, -0.1) is 0 Å². The SMILES string of the molecule is CCNC(=NCCCn1c(C)nc2ccccc21)NCCCN1CCC(O)CC1. The fourth-order valence-electron chi connectivity index (χ4n) is 3.89. The van der Waals surface area contributed by atoms with Crippen molar-refractivity contribution in [3.8, 4) is 0 Å². The van der Waals surface area contributed by atoms with Crippen molar-refractivity contribution in [2.24, 2.45) is 4.99 Å². The molecule has 0 bridgehead atoms. The number of aromatic nitrogens is 2. The topological polar surface area (TPSA) is 77.7 Å². The number of guanidine groups is 1. The summed E-state index contributed by atoms with van der Waals surface area (Å²) in [6, 6.07) is 8.30. The predicted octanol–water partition coefficient (Wildman–Crippen LogP) is 2.14. The molecule has 1 aromatic heterocycles. The van der Waals surface area contributed by atoms with Crippen LogP contribution in [0.25, 0.3) is 11.0 Å². The molecule has 1 aliphatic heterocycles. The Kier molecular flexibility index (Phi) is 8.31. The van der Waals surface area contributed by atoms with Crippen molar-refractivity contribution in [3.05, 3.63) is 30.1 Å². The molecule has 2 heterocycles. The standard InChI is InChI=1S/C22H36N6O/c1-3-23-22(24-12-6-14-27-16-10-19(29)11-17-27)25-13-7-15-28-18(2)26-20-8-4-5-9-21(20)28/h4-5,8-9,19,29H,3,6-7,10-17H2,1-2H3,(H2,23,24,25). The fraction of sp³-hybridized carbons (Fsp3) is 0.636. The van der Waals surface area contributed by atoms with Crippen molar-refractivity contribution in [2.45, 2.75) is 52.2 Å². The molecule has 0 atom stereocenters. The molecule has 29 heavy (non-hydrogen) atoms. The molecule has 1 fully saturated rings. The number of hydrogen-bond donors (Lipinski definition) is 3. The van der Waals surface area contributed by atoms with E-state index in [1.807, 2.05) is 6.07 Å². The van der Waals surface area contributed by atoms with Gasteiger partial charge in [0.2, 0.25) is 0 Å². The van der Waals surface area contributed by atoms with Gasteiger partial charge in [0.15, 0.2) is 5.96 Å². The highest BCUT2D eigenvalue weighted by Gasteiger charge is 2.16. The Balaban J connectivity index is 1.40. The molecule has 2 aromatic rings. The summed E-state index contributed by atoms with van der Waals surface area (Å²) in [7, 11) is 0. The van der Waals surface area contributed by atoms with Crippen molar-refractivity contribution >= 4 is 17.0 Å². The van der Waals surface area contributed by atoms with Gasteiger partial charge in [0.25, 0.3) is 0 Å². The molecule has 3 N–H and O–H groups in total. The summed E-state index contributed by atoms with van der Waals surface area (Å²) in [6.45, 7) is 10.7. The van der Waals surface area contributed by atoms with Crippen LogP contribution in [-0.4, -0.2) is 70.9 Å². The number of imidazole rings is 1. The number of likely N-dealkylation sites (tertiary alicyclic amines) is 1. The summed E-state index contributed by atoms with van der Waals surface area (Å²) in [6.07, 6.45) is 3.78. The van der Waals surface area contributed by atoms with Gasteiger partial charge in [-0.3, -0.25) is 4.99 Å². The van der Waals surface area contributed by atoms with E-state index >= 15 is 0 Å². The molecule has 0 radical (unpaired) electrons. The summed E-state index contributed by atoms with van der Waals surface area (Å²) in [5, 5.41) is 16.4. The Hall–Kier alpha value is -2.12. The zero-order chi connectivity index (χ0) is 20.5. The minimum Gasteiger partial charge on any atom is -0.393 e. The summed E-state index contributed by atoms with van der Waals surface area (Å²) >= 11 is 0. The lowest BCUT2D eigenvalue weighted by Gasteiger charge is -2.29. The average Bonchev–Trinajstić information content (AvgIpc) is 3.05. The number of aliphatic hydroxyl groups excluding tert-OH is 1. The Labute approximate surface area is 174 Å². The highest BCUT2D eigenvalue weighted by molar-refractivity contribution is 5.79. The maximum absolute atomic E-state index is 9.59. The van der Waals surface area contributed by atoms with Gasteiger partial charge in [0.05, 0.1) is 17.1 Å². The van der Waals surface area contributed by atoms with E-state index in [0.717, 1.165) is 88.8 Å². The molecular formula is C22H36N6O. The summed E-state index contributed by atoms with van der Waals surface area (Å²) in [5.74, 6) is 1.96. The van der Waals surface area contributed by atoms with E-state index in [2.05, 4.69) is 57.1 Å². The molecule has 1 aromatic carbocycles. The lowest BCUT2D eigenvalue weighted by atomic mass is 10.1. The minimum absolute atomic E-state index is 0.0963. The van der Waals surface area contributed by atoms with E-state index in [1.165, 1.54) is 5.52 Å². The van der Waals surface area contributed by atoms with Gasteiger partial charge >= 0.3 is 0 Å². The Morgan fingerprint density at radius 2 is 1.97 bits per heavy atom. The van der Waals surface area contributed by atoms with Gasteiger partial charge in [-0.2, -0.15) is 0 Å². The lowest BCUT2D eigenvalue weighted by molar-refractivity contribution is 0.0823. The molecule has 7 heteroatoms. The molecule has 0 amide bonds. The van der Waals surface area contributed by atoms with Crippen molar-refractivity contribution < 1.29 is 5.11 Å². The largest absolute Gasteiger partial charge is 0.393 e. The van der Waals surface area contributed by atoms with Gasteiger partial charge in [0, 0.05) is 39.3 Å². The number of fused-ring (bicyclic) bond motifs is 1. The summed E-state index contributed by atoms with van der Waals surface area (Å²) < 4.78 is 2.28. The molecule has 1 saturated heterocycles. The highest BCUT2D eigenvalue weighted by Crippen LogP contribution is 2.15. The van der Waals surface area contributed by atoms with Crippen molar-refractivity contribution in [3.63, 3.8) is 0 Å². The smallest absolute Gasteiger partial charge is 0.191 e. The normalized spacial score (nSPS) is 16.4. The highest BCUT2D eigenvalue weighted by atomic mass is 16.3. The van der Waals surface area contributed by atoms with Crippen LogP contribution >= 0.6 is 0 Å². The Morgan fingerprint density at radius 1 is 1.17 bits per heavy atom. The van der Waals surface area contributed by atoms with Gasteiger partial charge < -0.3 is 25.2 Å². The van der Waals surface area contributed by atoms with Gasteiger partial charge in [-0.25, -0.2) is 4.98 Å². The number of para-hydroxylation sites is 2. The molecule has 0 saturated carbocycles. The van der Waals surface area contributed by atoms with E-state index in [4.69, 9.17) is 4.99 Å². The quantitative estimate of drug-likeness (QED) is 0.341. The molecule has 1 aliphatic rings. The number of nitrogens with one attached hydrogen (secondary N) is 2. The van der Waals surface area contributed by atoms with Crippen LogP contribution < -0.4 is 10.6 Å². The number of aryl methyl sites for hydroxylation is 2. The first-order valence-electron chi connectivity index (χ1n) is 11.0. The first kappa shape index (κ1) is 21.6. The second-order valence-corrected chi connectivity index (χ2v) is 7.77. The molecule has 7 nitrogen and oxygen atoms in total. The van der Waals surface area contributed by atoms with Gasteiger partial charge in [-0.05, 0) is 58.2 Å². The minimum atomic E-state index is -0.0963. The van der Waals surface area contributed by atoms with Crippen molar-refractivity contribution in [2.75, 3.05) is 39.3 Å². The van der Waals surface area contributed by atoms with E-state index in [9.17, 15) is 5.11 Å². The number of rotatable bonds is 9. The number of benzene rings is 1. The van der Waals surface area contributed by atoms with Gasteiger partial charge in [0.1, 0.15) is 5.82 Å². The number of piperidine rings is 1. The number of aliphatic imine (C=N–C) groups is 1. The van der Waals surface area contributed by atoms with E-state index in [0.29, 0.717) is 0 Å². The van der Waals surface area contributed by atoms with Crippen LogP contribution in [0.1, 0.15) is 38.4 Å². The Morgan fingerprint density at radius 3 is 2.76 bits per heavy atom. The molecular weight excluding hydrogens is 364 g/mol. The van der Waals surface area contributed by atoms with E-state index in [1.54, 1.807) is 0 Å². The monoisotopic (exact) mass is 400 g/mol. The maximum atomic E-state index is 9.59. The average molecular weight is 401 g/mol. The summed E-state index contributed by atoms with van der Waals surface area (Å²) in [5.41, 5.74) is 2.26. The fourth-order valence-corrected chi connectivity index (χ4v) is 3.89. The third-order valence-electron chi connectivity index (χ3n) is 5.50. The van der Waals surface area contributed by atoms with E-state index < -0.39 is 0 Å². The van der Waals surface area contributed by atoms with Crippen molar-refractivity contribution in [1.82, 2.24) is 25.1 Å². The Bertz CT molecular complexity index is 779. The molecule has 3 rings (SSSR count). The second kappa shape index (κ2) is 11.2. The van der Waals surface area contributed by atoms with Crippen molar-refractivity contribution in [1.29, 1.82) is 0 Å². The third kappa shape index (κ3) is 6.44. The molecule has 0 unspecified atom stereocenters. The first-order chi connectivity index (χ1) is 14.2. The van der Waals surface area contributed by atoms with Gasteiger partial charge in [-0.1, -0.05) is 12.1 Å². The van der Waals surface area contributed by atoms with Crippen LogP contribution in [0.15, 0.2) is 29.3 Å². The van der Waals surface area contributed by atoms with Crippen LogP contribution in [0.2, 0.25) is 0 Å². The predicted molar refractivity (Wildman–Crippen MR) is 119 cm³/mol. The zero-order valence-electron chi connectivity index (χ0n) is 17.9. The maximum Gasteiger partial charge on any atom is 0.191 e. The molecule has 0 aliphatic carbocycles. The summed E-state index contributed by atoms with van der Waals surface area (Å²) in [4.78, 5) is 11.8. The number of nitrogens with zero attached hydrogens (tertiary/aromatic N) is 4. The van der Waals surface area contributed by atoms with Crippen LogP contribution in [0, 0.1) is 6.92 Å². The first-order valence-corrected chi connectivity index (χ1v) is 11.0. The second-order valence-electron chi connectivity index (χ2n) is 7.77. The zero-order valence-corrected chi connectivity index (χ0v) is 17.9. The van der Waals surface area contributed by atoms with Crippen LogP contribution in [0.5, 0.6) is 0 Å².